The molecular formula is C24H23N3O3. The third kappa shape index (κ3) is 4.97. The molecule has 152 valence electrons. The molecule has 30 heavy (non-hydrogen) atoms. The fraction of sp³-hybridized carbons (Fsp3) is 0.167. The summed E-state index contributed by atoms with van der Waals surface area (Å²) in [6.07, 6.45) is 1.44. The van der Waals surface area contributed by atoms with E-state index in [1.54, 1.807) is 17.0 Å². The third-order valence-electron chi connectivity index (χ3n) is 4.80. The largest absolute Gasteiger partial charge is 0.484 e. The van der Waals surface area contributed by atoms with Gasteiger partial charge in [0.2, 0.25) is 5.91 Å². The van der Waals surface area contributed by atoms with Crippen molar-refractivity contribution in [3.63, 3.8) is 0 Å². The Bertz CT molecular complexity index is 1020. The minimum absolute atomic E-state index is 0.110. The highest BCUT2D eigenvalue weighted by molar-refractivity contribution is 5.95. The van der Waals surface area contributed by atoms with Gasteiger partial charge in [0.1, 0.15) is 5.75 Å². The van der Waals surface area contributed by atoms with Crippen molar-refractivity contribution in [3.05, 3.63) is 78.9 Å². The molecule has 3 aromatic carbocycles. The van der Waals surface area contributed by atoms with E-state index in [4.69, 9.17) is 4.74 Å². The summed E-state index contributed by atoms with van der Waals surface area (Å²) < 4.78 is 5.62. The predicted octanol–water partition coefficient (Wildman–Crippen LogP) is 4.57. The number of hydrogen-bond donors (Lipinski definition) is 2. The van der Waals surface area contributed by atoms with E-state index >= 15 is 0 Å². The summed E-state index contributed by atoms with van der Waals surface area (Å²) in [6, 6.07) is 24.6. The van der Waals surface area contributed by atoms with Gasteiger partial charge < -0.3 is 20.3 Å². The minimum atomic E-state index is -0.249. The van der Waals surface area contributed by atoms with Crippen molar-refractivity contribution in [3.8, 4) is 5.75 Å². The second-order valence-corrected chi connectivity index (χ2v) is 7.05. The lowest BCUT2D eigenvalue weighted by atomic mass is 10.2. The van der Waals surface area contributed by atoms with Gasteiger partial charge in [-0.1, -0.05) is 24.3 Å². The van der Waals surface area contributed by atoms with Gasteiger partial charge in [0, 0.05) is 41.8 Å². The average molecular weight is 401 g/mol. The smallest absolute Gasteiger partial charge is 0.262 e. The van der Waals surface area contributed by atoms with E-state index < -0.39 is 0 Å². The molecule has 0 saturated carbocycles. The second kappa shape index (κ2) is 9.13. The van der Waals surface area contributed by atoms with Gasteiger partial charge in [-0.2, -0.15) is 0 Å². The molecule has 0 bridgehead atoms. The SMILES string of the molecule is O=C(COc1cccc(N2CCCC2=O)c1)Nc1ccc(Nc2ccccc2)cc1. The number of carbonyl (C=O) groups excluding carboxylic acids is 2. The Labute approximate surface area is 175 Å². The van der Waals surface area contributed by atoms with Gasteiger partial charge in [0.05, 0.1) is 0 Å². The first-order valence-corrected chi connectivity index (χ1v) is 9.93. The van der Waals surface area contributed by atoms with E-state index in [9.17, 15) is 9.59 Å². The van der Waals surface area contributed by atoms with Crippen molar-refractivity contribution >= 4 is 34.6 Å². The highest BCUT2D eigenvalue weighted by atomic mass is 16.5. The van der Waals surface area contributed by atoms with E-state index in [0.717, 1.165) is 30.0 Å². The van der Waals surface area contributed by atoms with Crippen LogP contribution in [-0.4, -0.2) is 25.0 Å². The molecule has 0 radical (unpaired) electrons. The molecule has 0 unspecified atom stereocenters. The molecule has 2 N–H and O–H groups in total. The van der Waals surface area contributed by atoms with Gasteiger partial charge in [-0.15, -0.1) is 0 Å². The first kappa shape index (κ1) is 19.5. The molecule has 1 aliphatic heterocycles. The van der Waals surface area contributed by atoms with Crippen molar-refractivity contribution in [2.24, 2.45) is 0 Å². The van der Waals surface area contributed by atoms with Gasteiger partial charge in [0.25, 0.3) is 5.91 Å². The highest BCUT2D eigenvalue weighted by Gasteiger charge is 2.21. The van der Waals surface area contributed by atoms with Crippen LogP contribution >= 0.6 is 0 Å². The molecule has 1 fully saturated rings. The maximum atomic E-state index is 12.2. The maximum absolute atomic E-state index is 12.2. The number of anilines is 4. The molecule has 2 amide bonds. The molecule has 0 atom stereocenters. The highest BCUT2D eigenvalue weighted by Crippen LogP contribution is 2.25. The van der Waals surface area contributed by atoms with Crippen LogP contribution in [0.2, 0.25) is 0 Å². The number of rotatable bonds is 7. The molecule has 0 aromatic heterocycles. The zero-order valence-electron chi connectivity index (χ0n) is 16.5. The van der Waals surface area contributed by atoms with Crippen LogP contribution in [0.25, 0.3) is 0 Å². The number of para-hydroxylation sites is 1. The first-order chi connectivity index (χ1) is 14.7. The van der Waals surface area contributed by atoms with Crippen LogP contribution in [0.3, 0.4) is 0 Å². The van der Waals surface area contributed by atoms with Gasteiger partial charge in [-0.3, -0.25) is 9.59 Å². The monoisotopic (exact) mass is 401 g/mol. The molecule has 6 heteroatoms. The van der Waals surface area contributed by atoms with Crippen molar-refractivity contribution in [2.75, 3.05) is 28.7 Å². The predicted molar refractivity (Wildman–Crippen MR) is 118 cm³/mol. The zero-order valence-corrected chi connectivity index (χ0v) is 16.5. The normalized spacial score (nSPS) is 13.2. The number of ether oxygens (including phenoxy) is 1. The third-order valence-corrected chi connectivity index (χ3v) is 4.80. The Kier molecular flexibility index (Phi) is 5.94. The van der Waals surface area contributed by atoms with Gasteiger partial charge >= 0.3 is 0 Å². The lowest BCUT2D eigenvalue weighted by Crippen LogP contribution is -2.24. The molecule has 1 aliphatic rings. The number of hydrogen-bond acceptors (Lipinski definition) is 4. The Morgan fingerprint density at radius 1 is 0.900 bits per heavy atom. The summed E-state index contributed by atoms with van der Waals surface area (Å²) in [5.74, 6) is 0.432. The van der Waals surface area contributed by atoms with Crippen molar-refractivity contribution in [1.82, 2.24) is 0 Å². The van der Waals surface area contributed by atoms with Crippen LogP contribution in [0.4, 0.5) is 22.7 Å². The number of amides is 2. The molecule has 6 nitrogen and oxygen atoms in total. The Balaban J connectivity index is 1.29. The van der Waals surface area contributed by atoms with Crippen LogP contribution in [-0.2, 0) is 9.59 Å². The van der Waals surface area contributed by atoms with Crippen LogP contribution in [0.5, 0.6) is 5.75 Å². The lowest BCUT2D eigenvalue weighted by Gasteiger charge is -2.16. The Morgan fingerprint density at radius 3 is 2.37 bits per heavy atom. The number of benzene rings is 3. The lowest BCUT2D eigenvalue weighted by molar-refractivity contribution is -0.118. The number of nitrogens with one attached hydrogen (secondary N) is 2. The van der Waals surface area contributed by atoms with Gasteiger partial charge in [0.15, 0.2) is 6.61 Å². The van der Waals surface area contributed by atoms with E-state index in [1.165, 1.54) is 0 Å². The van der Waals surface area contributed by atoms with E-state index in [-0.39, 0.29) is 18.4 Å². The zero-order chi connectivity index (χ0) is 20.8. The van der Waals surface area contributed by atoms with Crippen LogP contribution in [0.15, 0.2) is 78.9 Å². The Morgan fingerprint density at radius 2 is 1.63 bits per heavy atom. The van der Waals surface area contributed by atoms with E-state index in [2.05, 4.69) is 10.6 Å². The molecule has 1 heterocycles. The van der Waals surface area contributed by atoms with Crippen molar-refractivity contribution in [1.29, 1.82) is 0 Å². The van der Waals surface area contributed by atoms with Crippen LogP contribution in [0, 0.1) is 0 Å². The standard InChI is InChI=1S/C24H23N3O3/c28-23(17-30-22-9-4-8-21(16-22)27-15-5-10-24(27)29)26-20-13-11-19(12-14-20)25-18-6-2-1-3-7-18/h1-4,6-9,11-14,16,25H,5,10,15,17H2,(H,26,28). The first-order valence-electron chi connectivity index (χ1n) is 9.93. The average Bonchev–Trinajstić information content (AvgIpc) is 3.21. The van der Waals surface area contributed by atoms with Crippen molar-refractivity contribution < 1.29 is 14.3 Å². The summed E-state index contributed by atoms with van der Waals surface area (Å²) in [6.45, 7) is 0.610. The topological polar surface area (TPSA) is 70.7 Å². The maximum Gasteiger partial charge on any atom is 0.262 e. The van der Waals surface area contributed by atoms with Gasteiger partial charge in [-0.25, -0.2) is 0 Å². The van der Waals surface area contributed by atoms with E-state index in [0.29, 0.717) is 17.9 Å². The summed E-state index contributed by atoms with van der Waals surface area (Å²) in [5.41, 5.74) is 3.43. The number of carbonyl (C=O) groups is 2. The molecule has 3 aromatic rings. The van der Waals surface area contributed by atoms with Crippen LogP contribution in [0.1, 0.15) is 12.8 Å². The number of nitrogens with zero attached hydrogens (tertiary/aromatic N) is 1. The molecular weight excluding hydrogens is 378 g/mol. The van der Waals surface area contributed by atoms with Crippen molar-refractivity contribution in [2.45, 2.75) is 12.8 Å². The second-order valence-electron chi connectivity index (χ2n) is 7.05. The fourth-order valence-electron chi connectivity index (χ4n) is 3.33. The summed E-state index contributed by atoms with van der Waals surface area (Å²) >= 11 is 0. The molecule has 4 rings (SSSR count). The summed E-state index contributed by atoms with van der Waals surface area (Å²) in [4.78, 5) is 25.9. The molecule has 1 saturated heterocycles. The van der Waals surface area contributed by atoms with E-state index in [1.807, 2.05) is 66.7 Å². The summed E-state index contributed by atoms with van der Waals surface area (Å²) in [7, 11) is 0. The van der Waals surface area contributed by atoms with Crippen LogP contribution < -0.4 is 20.3 Å². The fourth-order valence-corrected chi connectivity index (χ4v) is 3.33. The summed E-state index contributed by atoms with van der Waals surface area (Å²) in [5, 5.41) is 6.12. The Hall–Kier alpha value is -3.80. The minimum Gasteiger partial charge on any atom is -0.484 e. The molecule has 0 aliphatic carbocycles. The molecule has 0 spiro atoms. The quantitative estimate of drug-likeness (QED) is 0.608. The van der Waals surface area contributed by atoms with Gasteiger partial charge in [-0.05, 0) is 55.0 Å².